The first-order valence-electron chi connectivity index (χ1n) is 4.37. The number of hydrogen-bond acceptors (Lipinski definition) is 1. The van der Waals surface area contributed by atoms with E-state index in [1.807, 2.05) is 30.3 Å². The van der Waals surface area contributed by atoms with E-state index < -0.39 is 12.5 Å². The second-order valence-electron chi connectivity index (χ2n) is 2.79. The number of ether oxygens (including phenoxy) is 1. The highest BCUT2D eigenvalue weighted by atomic mass is 19.1. The summed E-state index contributed by atoms with van der Waals surface area (Å²) in [7, 11) is 0. The van der Waals surface area contributed by atoms with Gasteiger partial charge in [-0.3, -0.25) is 0 Å². The van der Waals surface area contributed by atoms with Gasteiger partial charge in [-0.1, -0.05) is 43.0 Å². The molecule has 0 N–H and O–H groups in total. The highest BCUT2D eigenvalue weighted by Crippen LogP contribution is 2.20. The van der Waals surface area contributed by atoms with Crippen molar-refractivity contribution in [3.63, 3.8) is 0 Å². The predicted octanol–water partition coefficient (Wildman–Crippen LogP) is 3.41. The monoisotopic (exact) mass is 192 g/mol. The van der Waals surface area contributed by atoms with Crippen molar-refractivity contribution in [2.45, 2.75) is 12.5 Å². The molecule has 2 atom stereocenters. The maximum Gasteiger partial charge on any atom is 0.218 e. The van der Waals surface area contributed by atoms with Crippen LogP contribution in [-0.4, -0.2) is 6.36 Å². The fourth-order valence-electron chi connectivity index (χ4n) is 1.11. The predicted molar refractivity (Wildman–Crippen MR) is 55.6 cm³/mol. The van der Waals surface area contributed by atoms with E-state index in [-0.39, 0.29) is 0 Å². The van der Waals surface area contributed by atoms with E-state index in [2.05, 4.69) is 13.2 Å². The van der Waals surface area contributed by atoms with Crippen LogP contribution in [0.1, 0.15) is 11.7 Å². The van der Waals surface area contributed by atoms with Crippen molar-refractivity contribution >= 4 is 0 Å². The van der Waals surface area contributed by atoms with Crippen molar-refractivity contribution in [1.29, 1.82) is 0 Å². The third-order valence-electron chi connectivity index (χ3n) is 1.80. The standard InChI is InChI=1S/C12H13FO/c1-3-11(14-12(13)4-2)10-8-6-5-7-9-10/h3-9,11-12H,1-2H2. The Bertz CT molecular complexity index is 294. The van der Waals surface area contributed by atoms with E-state index in [1.54, 1.807) is 6.08 Å². The lowest BCUT2D eigenvalue weighted by Gasteiger charge is -2.15. The van der Waals surface area contributed by atoms with Gasteiger partial charge in [0.2, 0.25) is 6.36 Å². The van der Waals surface area contributed by atoms with E-state index in [0.29, 0.717) is 0 Å². The summed E-state index contributed by atoms with van der Waals surface area (Å²) in [6.45, 7) is 6.91. The van der Waals surface area contributed by atoms with Crippen LogP contribution in [0, 0.1) is 0 Å². The van der Waals surface area contributed by atoms with E-state index in [1.165, 1.54) is 0 Å². The zero-order valence-electron chi connectivity index (χ0n) is 7.90. The van der Waals surface area contributed by atoms with Crippen molar-refractivity contribution < 1.29 is 9.13 Å². The number of alkyl halides is 1. The van der Waals surface area contributed by atoms with E-state index in [9.17, 15) is 4.39 Å². The summed E-state index contributed by atoms with van der Waals surface area (Å²) in [4.78, 5) is 0. The molecule has 0 aliphatic rings. The Hall–Kier alpha value is -1.41. The van der Waals surface area contributed by atoms with Gasteiger partial charge in [0.25, 0.3) is 0 Å². The van der Waals surface area contributed by atoms with Crippen molar-refractivity contribution in [3.8, 4) is 0 Å². The zero-order chi connectivity index (χ0) is 10.4. The van der Waals surface area contributed by atoms with Crippen molar-refractivity contribution in [1.82, 2.24) is 0 Å². The molecule has 1 rings (SSSR count). The lowest BCUT2D eigenvalue weighted by atomic mass is 10.1. The molecule has 0 fully saturated rings. The largest absolute Gasteiger partial charge is 0.333 e. The Morgan fingerprint density at radius 1 is 1.14 bits per heavy atom. The maximum atomic E-state index is 12.9. The van der Waals surface area contributed by atoms with Crippen LogP contribution in [0.15, 0.2) is 55.6 Å². The molecule has 0 saturated carbocycles. The van der Waals surface area contributed by atoms with Gasteiger partial charge in [0.1, 0.15) is 6.10 Å². The van der Waals surface area contributed by atoms with Gasteiger partial charge >= 0.3 is 0 Å². The summed E-state index contributed by atoms with van der Waals surface area (Å²) in [6, 6.07) is 9.36. The maximum absolute atomic E-state index is 12.9. The van der Waals surface area contributed by atoms with Crippen LogP contribution in [0.4, 0.5) is 4.39 Å². The minimum absolute atomic E-state index is 0.427. The summed E-state index contributed by atoms with van der Waals surface area (Å²) in [5.41, 5.74) is 0.881. The Morgan fingerprint density at radius 3 is 2.29 bits per heavy atom. The van der Waals surface area contributed by atoms with Gasteiger partial charge in [0.05, 0.1) is 0 Å². The molecule has 0 amide bonds. The van der Waals surface area contributed by atoms with Crippen molar-refractivity contribution in [2.24, 2.45) is 0 Å². The fraction of sp³-hybridized carbons (Fsp3) is 0.167. The molecule has 2 unspecified atom stereocenters. The van der Waals surface area contributed by atoms with Crippen molar-refractivity contribution in [3.05, 3.63) is 61.2 Å². The van der Waals surface area contributed by atoms with Gasteiger partial charge in [-0.2, -0.15) is 0 Å². The van der Waals surface area contributed by atoms with Crippen LogP contribution in [-0.2, 0) is 4.74 Å². The minimum Gasteiger partial charge on any atom is -0.333 e. The van der Waals surface area contributed by atoms with Gasteiger partial charge in [-0.25, -0.2) is 4.39 Å². The first-order valence-corrected chi connectivity index (χ1v) is 4.37. The minimum atomic E-state index is -1.46. The quantitative estimate of drug-likeness (QED) is 0.649. The average Bonchev–Trinajstić information content (AvgIpc) is 2.26. The van der Waals surface area contributed by atoms with Gasteiger partial charge < -0.3 is 4.74 Å². The Labute approximate surface area is 83.5 Å². The Balaban J connectivity index is 2.72. The van der Waals surface area contributed by atoms with Crippen LogP contribution in [0.25, 0.3) is 0 Å². The molecule has 0 radical (unpaired) electrons. The normalized spacial score (nSPS) is 14.4. The van der Waals surface area contributed by atoms with Crippen LogP contribution in [0.5, 0.6) is 0 Å². The van der Waals surface area contributed by atoms with Crippen LogP contribution >= 0.6 is 0 Å². The number of rotatable bonds is 5. The third kappa shape index (κ3) is 2.82. The summed E-state index contributed by atoms with van der Waals surface area (Å²) in [5, 5.41) is 0. The molecule has 0 aliphatic heterocycles. The average molecular weight is 192 g/mol. The summed E-state index contributed by atoms with van der Waals surface area (Å²) < 4.78 is 17.9. The van der Waals surface area contributed by atoms with Crippen LogP contribution in [0.3, 0.4) is 0 Å². The van der Waals surface area contributed by atoms with E-state index >= 15 is 0 Å². The third-order valence-corrected chi connectivity index (χ3v) is 1.80. The van der Waals surface area contributed by atoms with E-state index in [0.717, 1.165) is 11.6 Å². The van der Waals surface area contributed by atoms with Crippen molar-refractivity contribution in [2.75, 3.05) is 0 Å². The van der Waals surface area contributed by atoms with Crippen LogP contribution < -0.4 is 0 Å². The molecule has 0 spiro atoms. The smallest absolute Gasteiger partial charge is 0.218 e. The molecule has 2 heteroatoms. The molecule has 74 valence electrons. The molecule has 1 aromatic rings. The summed E-state index contributed by atoms with van der Waals surface area (Å²) >= 11 is 0. The molecule has 1 aromatic carbocycles. The van der Waals surface area contributed by atoms with Gasteiger partial charge in [-0.05, 0) is 11.6 Å². The molecule has 14 heavy (non-hydrogen) atoms. The van der Waals surface area contributed by atoms with E-state index in [4.69, 9.17) is 4.74 Å². The first kappa shape index (κ1) is 10.7. The van der Waals surface area contributed by atoms with Gasteiger partial charge in [0, 0.05) is 0 Å². The highest BCUT2D eigenvalue weighted by Gasteiger charge is 2.11. The zero-order valence-corrected chi connectivity index (χ0v) is 7.90. The SMILES string of the molecule is C=CC(F)OC(C=C)c1ccccc1. The van der Waals surface area contributed by atoms with Crippen LogP contribution in [0.2, 0.25) is 0 Å². The second-order valence-corrected chi connectivity index (χ2v) is 2.79. The molecular weight excluding hydrogens is 179 g/mol. The molecule has 0 heterocycles. The molecule has 0 aliphatic carbocycles. The number of hydrogen-bond donors (Lipinski definition) is 0. The molecule has 0 bridgehead atoms. The van der Waals surface area contributed by atoms with Gasteiger partial charge in [-0.15, -0.1) is 6.58 Å². The topological polar surface area (TPSA) is 9.23 Å². The molecule has 0 saturated heterocycles. The fourth-order valence-corrected chi connectivity index (χ4v) is 1.11. The number of halogens is 1. The first-order chi connectivity index (χ1) is 6.77. The molecular formula is C12H13FO. The summed E-state index contributed by atoms with van der Waals surface area (Å²) in [5.74, 6) is 0. The van der Waals surface area contributed by atoms with Gasteiger partial charge in [0.15, 0.2) is 0 Å². The molecule has 0 aromatic heterocycles. The lowest BCUT2D eigenvalue weighted by molar-refractivity contribution is -0.0365. The highest BCUT2D eigenvalue weighted by molar-refractivity contribution is 5.20. The molecule has 1 nitrogen and oxygen atoms in total. The second kappa shape index (κ2) is 5.35. The summed E-state index contributed by atoms with van der Waals surface area (Å²) in [6.07, 6.45) is 0.785. The number of benzene rings is 1. The Morgan fingerprint density at radius 2 is 1.79 bits per heavy atom. The Kier molecular flexibility index (Phi) is 4.08. The lowest BCUT2D eigenvalue weighted by Crippen LogP contribution is -2.07.